The summed E-state index contributed by atoms with van der Waals surface area (Å²) in [6.45, 7) is 6.73. The molecule has 0 radical (unpaired) electrons. The SMILES string of the molecule is COc1ccccc1N1CCN(Cc2ccc(CN3CCCCC3=O)cc2)CC1. The maximum Gasteiger partial charge on any atom is 0.222 e. The number of hydrogen-bond donors (Lipinski definition) is 0. The third-order valence-corrected chi connectivity index (χ3v) is 6.02. The number of methoxy groups -OCH3 is 1. The summed E-state index contributed by atoms with van der Waals surface area (Å²) in [6.07, 6.45) is 2.88. The molecule has 2 heterocycles. The molecule has 154 valence electrons. The molecule has 4 rings (SSSR count). The van der Waals surface area contributed by atoms with Gasteiger partial charge in [-0.2, -0.15) is 0 Å². The zero-order valence-electron chi connectivity index (χ0n) is 17.3. The second-order valence-electron chi connectivity index (χ2n) is 8.02. The first-order valence-corrected chi connectivity index (χ1v) is 10.7. The number of nitrogens with zero attached hydrogens (tertiary/aromatic N) is 3. The minimum Gasteiger partial charge on any atom is -0.495 e. The van der Waals surface area contributed by atoms with Gasteiger partial charge in [0.05, 0.1) is 12.8 Å². The van der Waals surface area contributed by atoms with E-state index in [0.29, 0.717) is 12.3 Å². The number of amides is 1. The van der Waals surface area contributed by atoms with Crippen LogP contribution in [-0.4, -0.2) is 55.5 Å². The third-order valence-electron chi connectivity index (χ3n) is 6.02. The molecule has 0 aromatic heterocycles. The van der Waals surface area contributed by atoms with Crippen molar-refractivity contribution in [2.24, 2.45) is 0 Å². The van der Waals surface area contributed by atoms with Crippen LogP contribution in [0.5, 0.6) is 5.75 Å². The van der Waals surface area contributed by atoms with Gasteiger partial charge in [0.2, 0.25) is 5.91 Å². The first-order chi connectivity index (χ1) is 14.2. The molecule has 0 bridgehead atoms. The Hall–Kier alpha value is -2.53. The van der Waals surface area contributed by atoms with Gasteiger partial charge in [0, 0.05) is 52.2 Å². The molecule has 2 saturated heterocycles. The van der Waals surface area contributed by atoms with Gasteiger partial charge in [0.25, 0.3) is 0 Å². The average Bonchev–Trinajstić information content (AvgIpc) is 2.77. The fraction of sp³-hybridized carbons (Fsp3) is 0.458. The maximum atomic E-state index is 12.0. The highest BCUT2D eigenvalue weighted by Gasteiger charge is 2.20. The Morgan fingerprint density at radius 3 is 2.21 bits per heavy atom. The number of likely N-dealkylation sites (tertiary alicyclic amines) is 1. The van der Waals surface area contributed by atoms with Gasteiger partial charge in [-0.15, -0.1) is 0 Å². The van der Waals surface area contributed by atoms with Crippen molar-refractivity contribution in [2.45, 2.75) is 32.4 Å². The van der Waals surface area contributed by atoms with Crippen molar-refractivity contribution in [1.82, 2.24) is 9.80 Å². The lowest BCUT2D eigenvalue weighted by Gasteiger charge is -2.36. The van der Waals surface area contributed by atoms with Crippen molar-refractivity contribution < 1.29 is 9.53 Å². The zero-order chi connectivity index (χ0) is 20.1. The van der Waals surface area contributed by atoms with Crippen molar-refractivity contribution in [3.63, 3.8) is 0 Å². The van der Waals surface area contributed by atoms with E-state index in [1.165, 1.54) is 16.8 Å². The molecule has 2 aromatic rings. The number of anilines is 1. The summed E-state index contributed by atoms with van der Waals surface area (Å²) < 4.78 is 5.51. The number of carbonyl (C=O) groups excluding carboxylic acids is 1. The molecule has 0 saturated carbocycles. The number of carbonyl (C=O) groups is 1. The largest absolute Gasteiger partial charge is 0.495 e. The van der Waals surface area contributed by atoms with Gasteiger partial charge in [0.15, 0.2) is 0 Å². The Bertz CT molecular complexity index is 813. The molecule has 0 unspecified atom stereocenters. The molecule has 2 aromatic carbocycles. The predicted molar refractivity (Wildman–Crippen MR) is 116 cm³/mol. The van der Waals surface area contributed by atoms with Crippen LogP contribution in [0.4, 0.5) is 5.69 Å². The van der Waals surface area contributed by atoms with Gasteiger partial charge < -0.3 is 14.5 Å². The lowest BCUT2D eigenvalue weighted by molar-refractivity contribution is -0.133. The maximum absolute atomic E-state index is 12.0. The van der Waals surface area contributed by atoms with Gasteiger partial charge in [-0.05, 0) is 36.1 Å². The van der Waals surface area contributed by atoms with Gasteiger partial charge in [-0.25, -0.2) is 0 Å². The van der Waals surface area contributed by atoms with E-state index in [-0.39, 0.29) is 0 Å². The fourth-order valence-electron chi connectivity index (χ4n) is 4.30. The Kier molecular flexibility index (Phi) is 6.35. The molecule has 5 heteroatoms. The summed E-state index contributed by atoms with van der Waals surface area (Å²) in [5.74, 6) is 1.25. The highest BCUT2D eigenvalue weighted by atomic mass is 16.5. The highest BCUT2D eigenvalue weighted by molar-refractivity contribution is 5.76. The molecule has 0 spiro atoms. The van der Waals surface area contributed by atoms with E-state index >= 15 is 0 Å². The van der Waals surface area contributed by atoms with Crippen LogP contribution in [0.3, 0.4) is 0 Å². The number of piperazine rings is 1. The number of hydrogen-bond acceptors (Lipinski definition) is 4. The Morgan fingerprint density at radius 1 is 0.828 bits per heavy atom. The lowest BCUT2D eigenvalue weighted by Crippen LogP contribution is -2.46. The van der Waals surface area contributed by atoms with Crippen LogP contribution in [0.15, 0.2) is 48.5 Å². The normalized spacial score (nSPS) is 18.2. The highest BCUT2D eigenvalue weighted by Crippen LogP contribution is 2.28. The van der Waals surface area contributed by atoms with Crippen molar-refractivity contribution in [1.29, 1.82) is 0 Å². The van der Waals surface area contributed by atoms with Gasteiger partial charge >= 0.3 is 0 Å². The molecule has 29 heavy (non-hydrogen) atoms. The molecule has 0 atom stereocenters. The number of benzene rings is 2. The third kappa shape index (κ3) is 4.91. The molecule has 5 nitrogen and oxygen atoms in total. The van der Waals surface area contributed by atoms with Gasteiger partial charge in [-0.3, -0.25) is 9.69 Å². The second kappa shape index (κ2) is 9.31. The molecule has 0 N–H and O–H groups in total. The Balaban J connectivity index is 1.29. The standard InChI is InChI=1S/C24H31N3O2/c1-29-23-7-3-2-6-22(23)26-16-14-25(15-17-26)18-20-9-11-21(12-10-20)19-27-13-5-4-8-24(27)28/h2-3,6-7,9-12H,4-5,8,13-19H2,1H3. The summed E-state index contributed by atoms with van der Waals surface area (Å²) in [5.41, 5.74) is 3.75. The van der Waals surface area contributed by atoms with Crippen LogP contribution in [0.2, 0.25) is 0 Å². The number of piperidine rings is 1. The lowest BCUT2D eigenvalue weighted by atomic mass is 10.1. The molecule has 0 aliphatic carbocycles. The fourth-order valence-corrected chi connectivity index (χ4v) is 4.30. The topological polar surface area (TPSA) is 36.0 Å². The molecular weight excluding hydrogens is 362 g/mol. The Morgan fingerprint density at radius 2 is 1.52 bits per heavy atom. The summed E-state index contributed by atoms with van der Waals surface area (Å²) in [7, 11) is 1.74. The molecule has 2 aliphatic heterocycles. The minimum absolute atomic E-state index is 0.299. The number of rotatable bonds is 6. The first kappa shape index (κ1) is 19.8. The van der Waals surface area contributed by atoms with E-state index in [1.807, 2.05) is 17.0 Å². The van der Waals surface area contributed by atoms with E-state index in [2.05, 4.69) is 46.2 Å². The quantitative estimate of drug-likeness (QED) is 0.752. The van der Waals surface area contributed by atoms with E-state index < -0.39 is 0 Å². The monoisotopic (exact) mass is 393 g/mol. The van der Waals surface area contributed by atoms with Crippen molar-refractivity contribution >= 4 is 11.6 Å². The number of para-hydroxylation sites is 2. The van der Waals surface area contributed by atoms with E-state index in [1.54, 1.807) is 7.11 Å². The Labute approximate surface area is 173 Å². The van der Waals surface area contributed by atoms with Crippen LogP contribution in [-0.2, 0) is 17.9 Å². The van der Waals surface area contributed by atoms with Crippen LogP contribution in [0.1, 0.15) is 30.4 Å². The molecule has 2 fully saturated rings. The van der Waals surface area contributed by atoms with Crippen molar-refractivity contribution in [3.05, 3.63) is 59.7 Å². The average molecular weight is 394 g/mol. The predicted octanol–water partition coefficient (Wildman–Crippen LogP) is 3.53. The summed E-state index contributed by atoms with van der Waals surface area (Å²) >= 11 is 0. The first-order valence-electron chi connectivity index (χ1n) is 10.7. The van der Waals surface area contributed by atoms with Crippen LogP contribution < -0.4 is 9.64 Å². The summed E-state index contributed by atoms with van der Waals surface area (Å²) in [5, 5.41) is 0. The smallest absolute Gasteiger partial charge is 0.222 e. The van der Waals surface area contributed by atoms with Crippen LogP contribution in [0, 0.1) is 0 Å². The van der Waals surface area contributed by atoms with Crippen molar-refractivity contribution in [3.8, 4) is 5.75 Å². The van der Waals surface area contributed by atoms with E-state index in [9.17, 15) is 4.79 Å². The van der Waals surface area contributed by atoms with E-state index in [4.69, 9.17) is 4.74 Å². The summed E-state index contributed by atoms with van der Waals surface area (Å²) in [6, 6.07) is 17.1. The van der Waals surface area contributed by atoms with Crippen LogP contribution in [0.25, 0.3) is 0 Å². The molecule has 2 aliphatic rings. The number of ether oxygens (including phenoxy) is 1. The molecule has 1 amide bonds. The minimum atomic E-state index is 0.299. The zero-order valence-corrected chi connectivity index (χ0v) is 17.3. The summed E-state index contributed by atoms with van der Waals surface area (Å²) in [4.78, 5) is 18.9. The van der Waals surface area contributed by atoms with Crippen LogP contribution >= 0.6 is 0 Å². The van der Waals surface area contributed by atoms with Gasteiger partial charge in [0.1, 0.15) is 5.75 Å². The van der Waals surface area contributed by atoms with Gasteiger partial charge in [-0.1, -0.05) is 36.4 Å². The molecular formula is C24H31N3O2. The van der Waals surface area contributed by atoms with E-state index in [0.717, 1.165) is 64.4 Å². The second-order valence-corrected chi connectivity index (χ2v) is 8.02. The van der Waals surface area contributed by atoms with Crippen molar-refractivity contribution in [2.75, 3.05) is 44.7 Å².